The summed E-state index contributed by atoms with van der Waals surface area (Å²) >= 11 is 0. The SMILES string of the molecule is O=C(O)C12CCCCC1O2.OC12CCCCC1O2. The molecule has 0 bridgehead atoms. The molecular formula is C13H20O5. The van der Waals surface area contributed by atoms with Crippen molar-refractivity contribution in [3.8, 4) is 0 Å². The number of carboxylic acid groups (broad SMARTS) is 1. The Kier molecular flexibility index (Phi) is 2.88. The van der Waals surface area contributed by atoms with Crippen LogP contribution in [0.1, 0.15) is 51.4 Å². The molecule has 0 aromatic carbocycles. The molecule has 0 radical (unpaired) electrons. The topological polar surface area (TPSA) is 82.6 Å². The molecule has 2 saturated heterocycles. The van der Waals surface area contributed by atoms with Crippen LogP contribution in [0.5, 0.6) is 0 Å². The fraction of sp³-hybridized carbons (Fsp3) is 0.923. The second-order valence-corrected chi connectivity index (χ2v) is 5.74. The van der Waals surface area contributed by atoms with E-state index in [0.717, 1.165) is 38.5 Å². The van der Waals surface area contributed by atoms with Gasteiger partial charge in [0.1, 0.15) is 6.10 Å². The standard InChI is InChI=1S/C7H10O3.C6H10O2/c8-6(9)7-4-2-1-3-5(7)10-7;7-6-4-2-1-3-5(6)8-6/h5H,1-4H2,(H,8,9);5,7H,1-4H2. The summed E-state index contributed by atoms with van der Waals surface area (Å²) in [7, 11) is 0. The molecule has 2 aliphatic heterocycles. The third kappa shape index (κ3) is 2.04. The summed E-state index contributed by atoms with van der Waals surface area (Å²) in [5, 5.41) is 17.9. The molecule has 2 heterocycles. The Bertz CT molecular complexity index is 355. The second-order valence-electron chi connectivity index (χ2n) is 5.74. The zero-order valence-corrected chi connectivity index (χ0v) is 10.4. The number of ether oxygens (including phenoxy) is 2. The number of rotatable bonds is 1. The number of aliphatic hydroxyl groups is 1. The number of carboxylic acids is 1. The summed E-state index contributed by atoms with van der Waals surface area (Å²) in [5.41, 5.74) is -0.738. The predicted molar refractivity (Wildman–Crippen MR) is 62.0 cm³/mol. The molecule has 0 aromatic heterocycles. The van der Waals surface area contributed by atoms with E-state index in [0.29, 0.717) is 6.42 Å². The van der Waals surface area contributed by atoms with Gasteiger partial charge in [-0.05, 0) is 32.1 Å². The van der Waals surface area contributed by atoms with Gasteiger partial charge in [-0.3, -0.25) is 0 Å². The Labute approximate surface area is 106 Å². The fourth-order valence-corrected chi connectivity index (χ4v) is 3.17. The smallest absolute Gasteiger partial charge is 0.338 e. The molecule has 5 nitrogen and oxygen atoms in total. The molecule has 4 aliphatic rings. The molecule has 2 saturated carbocycles. The van der Waals surface area contributed by atoms with E-state index in [1.165, 1.54) is 6.42 Å². The first kappa shape index (κ1) is 12.4. The van der Waals surface area contributed by atoms with Gasteiger partial charge < -0.3 is 19.7 Å². The molecule has 4 atom stereocenters. The third-order valence-electron chi connectivity index (χ3n) is 4.49. The first-order valence-electron chi connectivity index (χ1n) is 6.88. The van der Waals surface area contributed by atoms with Crippen molar-refractivity contribution in [3.63, 3.8) is 0 Å². The summed E-state index contributed by atoms with van der Waals surface area (Å²) in [6.45, 7) is 0. The van der Waals surface area contributed by atoms with Gasteiger partial charge in [-0.2, -0.15) is 0 Å². The van der Waals surface area contributed by atoms with Gasteiger partial charge in [-0.1, -0.05) is 12.8 Å². The van der Waals surface area contributed by atoms with Crippen LogP contribution in [-0.4, -0.2) is 39.8 Å². The lowest BCUT2D eigenvalue weighted by atomic mass is 9.89. The highest BCUT2D eigenvalue weighted by Crippen LogP contribution is 2.47. The van der Waals surface area contributed by atoms with E-state index in [2.05, 4.69) is 0 Å². The predicted octanol–water partition coefficient (Wildman–Crippen LogP) is 1.43. The highest BCUT2D eigenvalue weighted by molar-refractivity contribution is 5.81. The van der Waals surface area contributed by atoms with Gasteiger partial charge in [0.25, 0.3) is 0 Å². The van der Waals surface area contributed by atoms with Crippen molar-refractivity contribution in [3.05, 3.63) is 0 Å². The highest BCUT2D eigenvalue weighted by atomic mass is 16.7. The Morgan fingerprint density at radius 1 is 1.00 bits per heavy atom. The quantitative estimate of drug-likeness (QED) is 0.693. The Balaban J connectivity index is 0.000000114. The van der Waals surface area contributed by atoms with Crippen molar-refractivity contribution in [2.45, 2.75) is 75.0 Å². The lowest BCUT2D eigenvalue weighted by Crippen LogP contribution is -2.29. The molecule has 102 valence electrons. The van der Waals surface area contributed by atoms with E-state index in [4.69, 9.17) is 14.6 Å². The molecule has 18 heavy (non-hydrogen) atoms. The lowest BCUT2D eigenvalue weighted by molar-refractivity contribution is -0.143. The van der Waals surface area contributed by atoms with Crippen LogP contribution in [0.15, 0.2) is 0 Å². The number of carbonyl (C=O) groups is 1. The maximum absolute atomic E-state index is 10.6. The average molecular weight is 256 g/mol. The monoisotopic (exact) mass is 256 g/mol. The molecule has 0 spiro atoms. The minimum absolute atomic E-state index is 0.0405. The number of aliphatic carboxylic acids is 1. The zero-order chi connectivity index (χ0) is 12.8. The van der Waals surface area contributed by atoms with Crippen molar-refractivity contribution in [1.82, 2.24) is 0 Å². The third-order valence-corrected chi connectivity index (χ3v) is 4.49. The van der Waals surface area contributed by atoms with E-state index in [-0.39, 0.29) is 12.2 Å². The molecule has 0 aromatic rings. The van der Waals surface area contributed by atoms with E-state index >= 15 is 0 Å². The van der Waals surface area contributed by atoms with Crippen molar-refractivity contribution in [1.29, 1.82) is 0 Å². The van der Waals surface area contributed by atoms with Crippen LogP contribution in [0.4, 0.5) is 0 Å². The molecular weight excluding hydrogens is 236 g/mol. The molecule has 5 heteroatoms. The van der Waals surface area contributed by atoms with Gasteiger partial charge in [0, 0.05) is 6.42 Å². The van der Waals surface area contributed by atoms with Crippen LogP contribution in [0.3, 0.4) is 0 Å². The van der Waals surface area contributed by atoms with E-state index in [9.17, 15) is 9.90 Å². The van der Waals surface area contributed by atoms with Gasteiger partial charge >= 0.3 is 5.97 Å². The van der Waals surface area contributed by atoms with Gasteiger partial charge in [0.05, 0.1) is 6.10 Å². The van der Waals surface area contributed by atoms with E-state index < -0.39 is 17.4 Å². The van der Waals surface area contributed by atoms with Gasteiger partial charge in [-0.25, -0.2) is 4.79 Å². The number of fused-ring (bicyclic) bond motifs is 2. The van der Waals surface area contributed by atoms with Crippen LogP contribution in [-0.2, 0) is 14.3 Å². The maximum Gasteiger partial charge on any atom is 0.338 e. The highest BCUT2D eigenvalue weighted by Gasteiger charge is 2.63. The minimum atomic E-state index is -0.766. The van der Waals surface area contributed by atoms with Crippen LogP contribution in [0.2, 0.25) is 0 Å². The van der Waals surface area contributed by atoms with Crippen molar-refractivity contribution >= 4 is 5.97 Å². The van der Waals surface area contributed by atoms with Gasteiger partial charge in [0.15, 0.2) is 11.4 Å². The summed E-state index contributed by atoms with van der Waals surface area (Å²) in [6, 6.07) is 0. The number of epoxide rings is 2. The van der Waals surface area contributed by atoms with Gasteiger partial charge in [-0.15, -0.1) is 0 Å². The van der Waals surface area contributed by atoms with Crippen LogP contribution in [0, 0.1) is 0 Å². The normalized spacial score (nSPS) is 48.1. The molecule has 4 rings (SSSR count). The van der Waals surface area contributed by atoms with Crippen LogP contribution < -0.4 is 0 Å². The first-order chi connectivity index (χ1) is 8.57. The van der Waals surface area contributed by atoms with E-state index in [1.54, 1.807) is 0 Å². The number of hydrogen-bond donors (Lipinski definition) is 2. The molecule has 4 unspecified atom stereocenters. The van der Waals surface area contributed by atoms with E-state index in [1.807, 2.05) is 0 Å². The summed E-state index contributed by atoms with van der Waals surface area (Å²) in [6.07, 6.45) is 8.31. The molecule has 0 amide bonds. The molecule has 4 fully saturated rings. The average Bonchev–Trinajstić information content (AvgIpc) is 3.21. The van der Waals surface area contributed by atoms with Gasteiger partial charge in [0.2, 0.25) is 0 Å². The summed E-state index contributed by atoms with van der Waals surface area (Å²) in [5.74, 6) is -1.42. The lowest BCUT2D eigenvalue weighted by Gasteiger charge is -2.11. The Morgan fingerprint density at radius 2 is 1.67 bits per heavy atom. The molecule has 2 N–H and O–H groups in total. The van der Waals surface area contributed by atoms with Crippen molar-refractivity contribution in [2.75, 3.05) is 0 Å². The molecule has 2 aliphatic carbocycles. The maximum atomic E-state index is 10.6. The van der Waals surface area contributed by atoms with Crippen molar-refractivity contribution in [2.24, 2.45) is 0 Å². The fourth-order valence-electron chi connectivity index (χ4n) is 3.17. The summed E-state index contributed by atoms with van der Waals surface area (Å²) < 4.78 is 10.1. The van der Waals surface area contributed by atoms with Crippen LogP contribution >= 0.6 is 0 Å². The van der Waals surface area contributed by atoms with Crippen LogP contribution in [0.25, 0.3) is 0 Å². The minimum Gasteiger partial charge on any atom is -0.479 e. The zero-order valence-electron chi connectivity index (χ0n) is 10.4. The Morgan fingerprint density at radius 3 is 2.11 bits per heavy atom. The first-order valence-corrected chi connectivity index (χ1v) is 6.88. The Hall–Kier alpha value is -0.650. The number of hydrogen-bond acceptors (Lipinski definition) is 4. The largest absolute Gasteiger partial charge is 0.479 e. The second kappa shape index (κ2) is 4.18. The summed E-state index contributed by atoms with van der Waals surface area (Å²) in [4.78, 5) is 10.6. The van der Waals surface area contributed by atoms with Crippen molar-refractivity contribution < 1.29 is 24.5 Å².